The lowest BCUT2D eigenvalue weighted by molar-refractivity contribution is -0.142. The molecule has 2 rings (SSSR count). The Bertz CT molecular complexity index is 697. The molecule has 1 fully saturated rings. The Balaban J connectivity index is 2.21. The lowest BCUT2D eigenvalue weighted by Gasteiger charge is -2.37. The molecule has 156 valence electrons. The summed E-state index contributed by atoms with van der Waals surface area (Å²) in [6.07, 6.45) is -5.70. The van der Waals surface area contributed by atoms with Gasteiger partial charge in [0.25, 0.3) is 0 Å². The number of carboxylic acids is 1. The summed E-state index contributed by atoms with van der Waals surface area (Å²) in [4.78, 5) is 23.1. The first-order valence-corrected chi connectivity index (χ1v) is 8.85. The van der Waals surface area contributed by atoms with Gasteiger partial charge in [0.1, 0.15) is 5.60 Å². The summed E-state index contributed by atoms with van der Waals surface area (Å²) in [6.45, 7) is 5.16. The van der Waals surface area contributed by atoms with Crippen molar-refractivity contribution in [3.8, 4) is 0 Å². The maximum Gasteiger partial charge on any atom is 0.416 e. The molecular weight excluding hydrogens is 379 g/mol. The van der Waals surface area contributed by atoms with E-state index >= 15 is 0 Å². The number of alkyl halides is 3. The molecule has 0 saturated carbocycles. The van der Waals surface area contributed by atoms with Gasteiger partial charge in [0, 0.05) is 5.92 Å². The molecule has 6 nitrogen and oxygen atoms in total. The average molecular weight is 403 g/mol. The Morgan fingerprint density at radius 2 is 1.82 bits per heavy atom. The van der Waals surface area contributed by atoms with Crippen LogP contribution in [-0.2, 0) is 20.4 Å². The number of halogens is 3. The average Bonchev–Trinajstić information content (AvgIpc) is 2.53. The molecule has 0 aromatic heterocycles. The van der Waals surface area contributed by atoms with Crippen molar-refractivity contribution in [2.45, 2.75) is 63.5 Å². The van der Waals surface area contributed by atoms with E-state index in [0.717, 1.165) is 12.1 Å². The van der Waals surface area contributed by atoms with Gasteiger partial charge in [0.15, 0.2) is 0 Å². The third kappa shape index (κ3) is 6.40. The molecule has 1 aliphatic rings. The largest absolute Gasteiger partial charge is 0.481 e. The number of hydrogen-bond donors (Lipinski definition) is 2. The zero-order valence-electron chi connectivity index (χ0n) is 15.9. The minimum atomic E-state index is -4.45. The van der Waals surface area contributed by atoms with Gasteiger partial charge in [-0.3, -0.25) is 4.79 Å². The highest BCUT2D eigenvalue weighted by Gasteiger charge is 2.36. The van der Waals surface area contributed by atoms with Crippen molar-refractivity contribution < 1.29 is 37.3 Å². The molecule has 1 aromatic carbocycles. The second-order valence-electron chi connectivity index (χ2n) is 7.77. The highest BCUT2D eigenvalue weighted by atomic mass is 19.4. The zero-order valence-corrected chi connectivity index (χ0v) is 15.9. The normalized spacial score (nSPS) is 23.1. The van der Waals surface area contributed by atoms with Crippen LogP contribution in [0.4, 0.5) is 18.0 Å². The second kappa shape index (κ2) is 8.38. The van der Waals surface area contributed by atoms with E-state index in [2.05, 4.69) is 5.32 Å². The first-order valence-electron chi connectivity index (χ1n) is 8.85. The van der Waals surface area contributed by atoms with Crippen LogP contribution in [0, 0.1) is 0 Å². The number of carboxylic acid groups (broad SMARTS) is 1. The van der Waals surface area contributed by atoms with Crippen LogP contribution in [-0.4, -0.2) is 41.5 Å². The van der Waals surface area contributed by atoms with Gasteiger partial charge in [-0.1, -0.05) is 12.1 Å². The number of ether oxygens (including phenoxy) is 2. The van der Waals surface area contributed by atoms with Crippen LogP contribution in [0.5, 0.6) is 0 Å². The van der Waals surface area contributed by atoms with Crippen molar-refractivity contribution in [2.75, 3.05) is 6.61 Å². The molecule has 1 aromatic rings. The summed E-state index contributed by atoms with van der Waals surface area (Å²) in [5, 5.41) is 11.7. The SMILES string of the molecule is CC(C)(C)OC(=O)N[C@@H]1CO[C@@H](CC(=O)O)C[C@H]1c1ccc(C(F)(F)F)cc1. The van der Waals surface area contributed by atoms with Crippen LogP contribution in [0.1, 0.15) is 50.7 Å². The predicted octanol–water partition coefficient (Wildman–Crippen LogP) is 3.95. The number of amides is 1. The first-order chi connectivity index (χ1) is 12.8. The van der Waals surface area contributed by atoms with Crippen LogP contribution in [0.3, 0.4) is 0 Å². The van der Waals surface area contributed by atoms with Crippen molar-refractivity contribution in [3.05, 3.63) is 35.4 Å². The van der Waals surface area contributed by atoms with Gasteiger partial charge in [-0.2, -0.15) is 13.2 Å². The minimum Gasteiger partial charge on any atom is -0.481 e. The van der Waals surface area contributed by atoms with E-state index in [-0.39, 0.29) is 19.4 Å². The molecule has 0 spiro atoms. The van der Waals surface area contributed by atoms with E-state index in [9.17, 15) is 22.8 Å². The topological polar surface area (TPSA) is 84.9 Å². The number of carbonyl (C=O) groups is 2. The Kier molecular flexibility index (Phi) is 6.59. The van der Waals surface area contributed by atoms with E-state index in [1.807, 2.05) is 0 Å². The molecule has 3 atom stereocenters. The van der Waals surface area contributed by atoms with Gasteiger partial charge in [-0.25, -0.2) is 4.79 Å². The van der Waals surface area contributed by atoms with E-state index in [4.69, 9.17) is 14.6 Å². The van der Waals surface area contributed by atoms with Crippen molar-refractivity contribution >= 4 is 12.1 Å². The molecule has 1 heterocycles. The summed E-state index contributed by atoms with van der Waals surface area (Å²) in [7, 11) is 0. The monoisotopic (exact) mass is 403 g/mol. The smallest absolute Gasteiger partial charge is 0.416 e. The summed E-state index contributed by atoms with van der Waals surface area (Å²) in [6, 6.07) is 4.08. The van der Waals surface area contributed by atoms with E-state index < -0.39 is 47.5 Å². The van der Waals surface area contributed by atoms with E-state index in [1.165, 1.54) is 12.1 Å². The molecule has 0 bridgehead atoms. The third-order valence-electron chi connectivity index (χ3n) is 4.28. The maximum atomic E-state index is 12.8. The third-order valence-corrected chi connectivity index (χ3v) is 4.28. The van der Waals surface area contributed by atoms with Crippen LogP contribution in [0.2, 0.25) is 0 Å². The fourth-order valence-corrected chi connectivity index (χ4v) is 3.10. The molecule has 9 heteroatoms. The van der Waals surface area contributed by atoms with Gasteiger partial charge in [0.2, 0.25) is 0 Å². The number of carbonyl (C=O) groups excluding carboxylic acids is 1. The summed E-state index contributed by atoms with van der Waals surface area (Å²) >= 11 is 0. The van der Waals surface area contributed by atoms with Crippen molar-refractivity contribution in [2.24, 2.45) is 0 Å². The lowest BCUT2D eigenvalue weighted by atomic mass is 9.84. The fraction of sp³-hybridized carbons (Fsp3) is 0.579. The minimum absolute atomic E-state index is 0.0306. The number of rotatable bonds is 4. The fourth-order valence-electron chi connectivity index (χ4n) is 3.10. The number of alkyl carbamates (subject to hydrolysis) is 1. The van der Waals surface area contributed by atoms with Gasteiger partial charge in [0.05, 0.1) is 30.7 Å². The standard InChI is InChI=1S/C19H24F3NO5/c1-18(2,3)28-17(26)23-15-10-27-13(9-16(24)25)8-14(15)11-4-6-12(7-5-11)19(20,21)22/h4-7,13-15H,8-10H2,1-3H3,(H,23,26)(H,24,25)/t13-,14+,15-/m1/s1. The maximum absolute atomic E-state index is 12.8. The molecule has 1 amide bonds. The Morgan fingerprint density at radius 3 is 2.32 bits per heavy atom. The molecule has 2 N–H and O–H groups in total. The quantitative estimate of drug-likeness (QED) is 0.795. The van der Waals surface area contributed by atoms with Gasteiger partial charge in [-0.05, 0) is 44.9 Å². The molecule has 1 saturated heterocycles. The molecule has 0 unspecified atom stereocenters. The van der Waals surface area contributed by atoms with Crippen LogP contribution >= 0.6 is 0 Å². The van der Waals surface area contributed by atoms with Gasteiger partial charge in [-0.15, -0.1) is 0 Å². The van der Waals surface area contributed by atoms with E-state index in [0.29, 0.717) is 5.56 Å². The Morgan fingerprint density at radius 1 is 1.21 bits per heavy atom. The second-order valence-corrected chi connectivity index (χ2v) is 7.77. The van der Waals surface area contributed by atoms with Crippen LogP contribution < -0.4 is 5.32 Å². The zero-order chi connectivity index (χ0) is 21.1. The number of benzene rings is 1. The highest BCUT2D eigenvalue weighted by Crippen LogP contribution is 2.35. The summed E-state index contributed by atoms with van der Waals surface area (Å²) < 4.78 is 49.2. The number of aliphatic carboxylic acids is 1. The van der Waals surface area contributed by atoms with Crippen LogP contribution in [0.25, 0.3) is 0 Å². The van der Waals surface area contributed by atoms with Gasteiger partial charge >= 0.3 is 18.2 Å². The van der Waals surface area contributed by atoms with Crippen molar-refractivity contribution in [3.63, 3.8) is 0 Å². The highest BCUT2D eigenvalue weighted by molar-refractivity contribution is 5.68. The van der Waals surface area contributed by atoms with Crippen LogP contribution in [0.15, 0.2) is 24.3 Å². The first kappa shape index (κ1) is 22.0. The van der Waals surface area contributed by atoms with Gasteiger partial charge < -0.3 is 19.9 Å². The lowest BCUT2D eigenvalue weighted by Crippen LogP contribution is -2.49. The Hall–Kier alpha value is -2.29. The molecular formula is C19H24F3NO5. The number of nitrogens with one attached hydrogen (secondary N) is 1. The van der Waals surface area contributed by atoms with Crippen molar-refractivity contribution in [1.82, 2.24) is 5.32 Å². The summed E-state index contributed by atoms with van der Waals surface area (Å²) in [5.74, 6) is -1.44. The molecule has 0 radical (unpaired) electrons. The molecule has 28 heavy (non-hydrogen) atoms. The number of hydrogen-bond acceptors (Lipinski definition) is 4. The molecule has 0 aliphatic carbocycles. The predicted molar refractivity (Wildman–Crippen MR) is 94.0 cm³/mol. The Labute approximate surface area is 161 Å². The summed E-state index contributed by atoms with van der Waals surface area (Å²) in [5.41, 5.74) is -0.926. The van der Waals surface area contributed by atoms with Crippen molar-refractivity contribution in [1.29, 1.82) is 0 Å². The van der Waals surface area contributed by atoms with E-state index in [1.54, 1.807) is 20.8 Å². The molecule has 1 aliphatic heterocycles.